The van der Waals surface area contributed by atoms with Crippen LogP contribution < -0.4 is 0 Å². The zero-order valence-corrected chi connectivity index (χ0v) is 23.0. The Labute approximate surface area is 227 Å². The highest BCUT2D eigenvalue weighted by Gasteiger charge is 2.61. The predicted molar refractivity (Wildman–Crippen MR) is 154 cm³/mol. The summed E-state index contributed by atoms with van der Waals surface area (Å²) >= 11 is 4.35. The molecular formula is C32H27BrNO2P. The second-order valence-electron chi connectivity index (χ2n) is 9.52. The largest absolute Gasteiger partial charge is 0.478 e. The molecule has 2 atom stereocenters. The molecule has 5 rings (SSSR count). The van der Waals surface area contributed by atoms with Gasteiger partial charge in [-0.15, -0.1) is 0 Å². The number of carboxylic acid groups (broad SMARTS) is 1. The van der Waals surface area contributed by atoms with Crippen LogP contribution in [0.15, 0.2) is 103 Å². The molecule has 4 aromatic carbocycles. The van der Waals surface area contributed by atoms with Crippen molar-refractivity contribution >= 4 is 29.8 Å². The molecule has 4 aromatic rings. The van der Waals surface area contributed by atoms with E-state index in [0.29, 0.717) is 11.7 Å². The zero-order valence-electron chi connectivity index (χ0n) is 20.6. The van der Waals surface area contributed by atoms with Crippen molar-refractivity contribution in [1.29, 1.82) is 5.26 Å². The first kappa shape index (κ1) is 25.4. The van der Waals surface area contributed by atoms with E-state index >= 15 is 0 Å². The topological polar surface area (TPSA) is 61.1 Å². The standard InChI is InChI=1S/C32H27BrNO2P/c1-23-19-24(21-34)20-28(30(35)36)29(23)22-37-18-17-31(33,25-11-5-2-6-12-25)32(37,26-13-7-3-8-14-26)27-15-9-4-10-16-27/h2-16,19-20H,17-18,22H2,1H3,(H,35,36). The first-order valence-corrected chi connectivity index (χ1v) is 14.8. The molecule has 1 saturated heterocycles. The fraction of sp³-hybridized carbons (Fsp3) is 0.188. The molecule has 1 N–H and O–H groups in total. The van der Waals surface area contributed by atoms with Gasteiger partial charge in [-0.1, -0.05) is 115 Å². The third kappa shape index (κ3) is 4.21. The number of alkyl halides is 1. The minimum atomic E-state index is -0.984. The van der Waals surface area contributed by atoms with E-state index in [9.17, 15) is 15.2 Å². The number of aryl methyl sites for hydroxylation is 1. The Bertz CT molecular complexity index is 1430. The van der Waals surface area contributed by atoms with Gasteiger partial charge in [-0.05, 0) is 65.6 Å². The lowest BCUT2D eigenvalue weighted by Gasteiger charge is -2.47. The molecule has 1 fully saturated rings. The van der Waals surface area contributed by atoms with Crippen molar-refractivity contribution in [2.75, 3.05) is 6.16 Å². The number of rotatable bonds is 6. The molecule has 1 aliphatic rings. The van der Waals surface area contributed by atoms with Gasteiger partial charge in [0, 0.05) is 0 Å². The first-order valence-electron chi connectivity index (χ1n) is 12.3. The molecule has 1 heterocycles. The summed E-state index contributed by atoms with van der Waals surface area (Å²) in [5.74, 6) is -0.984. The second kappa shape index (κ2) is 10.3. The number of aromatic carboxylic acids is 1. The molecule has 0 radical (unpaired) electrons. The van der Waals surface area contributed by atoms with Gasteiger partial charge in [0.2, 0.25) is 0 Å². The molecule has 1 aliphatic heterocycles. The molecule has 0 amide bonds. The summed E-state index contributed by atoms with van der Waals surface area (Å²) in [7, 11) is -0.797. The molecule has 0 spiro atoms. The van der Waals surface area contributed by atoms with Crippen molar-refractivity contribution in [2.45, 2.75) is 29.0 Å². The molecule has 0 aromatic heterocycles. The Hall–Kier alpha value is -3.25. The van der Waals surface area contributed by atoms with Gasteiger partial charge in [0.15, 0.2) is 0 Å². The summed E-state index contributed by atoms with van der Waals surface area (Å²) in [5, 5.41) is 19.2. The molecule has 0 bridgehead atoms. The Morgan fingerprint density at radius 3 is 1.92 bits per heavy atom. The maximum absolute atomic E-state index is 12.4. The van der Waals surface area contributed by atoms with Crippen molar-refractivity contribution in [1.82, 2.24) is 0 Å². The van der Waals surface area contributed by atoms with Crippen LogP contribution in [0.4, 0.5) is 0 Å². The summed E-state index contributed by atoms with van der Waals surface area (Å²) in [6, 6.07) is 37.4. The van der Waals surface area contributed by atoms with Crippen molar-refractivity contribution in [3.63, 3.8) is 0 Å². The van der Waals surface area contributed by atoms with Crippen LogP contribution in [0.2, 0.25) is 0 Å². The summed E-state index contributed by atoms with van der Waals surface area (Å²) in [6.07, 6.45) is 2.54. The van der Waals surface area contributed by atoms with Gasteiger partial charge >= 0.3 is 5.97 Å². The van der Waals surface area contributed by atoms with E-state index < -0.39 is 19.0 Å². The summed E-state index contributed by atoms with van der Waals surface area (Å²) in [5.41, 5.74) is 6.00. The maximum Gasteiger partial charge on any atom is 0.336 e. The van der Waals surface area contributed by atoms with Gasteiger partial charge in [-0.3, -0.25) is 0 Å². The average molecular weight is 568 g/mol. The zero-order chi connectivity index (χ0) is 26.0. The number of nitrogens with zero attached hydrogens (tertiary/aromatic N) is 1. The third-order valence-corrected chi connectivity index (χ3v) is 12.6. The third-order valence-electron chi connectivity index (χ3n) is 7.57. The van der Waals surface area contributed by atoms with Crippen molar-refractivity contribution in [2.24, 2.45) is 0 Å². The molecular weight excluding hydrogens is 541 g/mol. The summed E-state index contributed by atoms with van der Waals surface area (Å²) < 4.78 is -0.375. The van der Waals surface area contributed by atoms with Gasteiger partial charge in [-0.2, -0.15) is 5.26 Å². The minimum absolute atomic E-state index is 0.237. The molecule has 2 unspecified atom stereocenters. The van der Waals surface area contributed by atoms with E-state index in [2.05, 4.69) is 94.8 Å². The van der Waals surface area contributed by atoms with Crippen LogP contribution in [0.3, 0.4) is 0 Å². The van der Waals surface area contributed by atoms with Gasteiger partial charge in [0.05, 0.1) is 26.7 Å². The summed E-state index contributed by atoms with van der Waals surface area (Å²) in [6.45, 7) is 1.93. The van der Waals surface area contributed by atoms with E-state index in [1.54, 1.807) is 0 Å². The molecule has 37 heavy (non-hydrogen) atoms. The number of carbonyl (C=O) groups is 1. The number of halogens is 1. The quantitative estimate of drug-likeness (QED) is 0.189. The molecule has 0 saturated carbocycles. The van der Waals surface area contributed by atoms with Crippen LogP contribution in [0.25, 0.3) is 0 Å². The van der Waals surface area contributed by atoms with Crippen LogP contribution >= 0.6 is 23.9 Å². The number of hydrogen-bond donors (Lipinski definition) is 1. The van der Waals surface area contributed by atoms with Gasteiger partial charge in [0.25, 0.3) is 0 Å². The van der Waals surface area contributed by atoms with Crippen LogP contribution in [0.1, 0.15) is 50.2 Å². The Morgan fingerprint density at radius 2 is 1.43 bits per heavy atom. The van der Waals surface area contributed by atoms with E-state index in [1.807, 2.05) is 31.2 Å². The molecule has 5 heteroatoms. The number of hydrogen-bond acceptors (Lipinski definition) is 2. The van der Waals surface area contributed by atoms with E-state index in [1.165, 1.54) is 22.8 Å². The normalized spacial score (nSPS) is 20.3. The van der Waals surface area contributed by atoms with E-state index in [4.69, 9.17) is 0 Å². The Kier molecular flexibility index (Phi) is 7.04. The second-order valence-corrected chi connectivity index (χ2v) is 13.4. The van der Waals surface area contributed by atoms with E-state index in [-0.39, 0.29) is 9.89 Å². The highest BCUT2D eigenvalue weighted by molar-refractivity contribution is 9.09. The molecule has 3 nitrogen and oxygen atoms in total. The van der Waals surface area contributed by atoms with Gasteiger partial charge in [0.1, 0.15) is 0 Å². The van der Waals surface area contributed by atoms with E-state index in [0.717, 1.165) is 23.7 Å². The fourth-order valence-electron chi connectivity index (χ4n) is 5.96. The highest BCUT2D eigenvalue weighted by Crippen LogP contribution is 2.77. The van der Waals surface area contributed by atoms with Crippen LogP contribution in [0, 0.1) is 18.3 Å². The highest BCUT2D eigenvalue weighted by atomic mass is 79.9. The van der Waals surface area contributed by atoms with Gasteiger partial charge < -0.3 is 5.11 Å². The first-order chi connectivity index (χ1) is 17.9. The van der Waals surface area contributed by atoms with Crippen LogP contribution in [-0.4, -0.2) is 17.2 Å². The van der Waals surface area contributed by atoms with Crippen LogP contribution in [0.5, 0.6) is 0 Å². The lowest BCUT2D eigenvalue weighted by molar-refractivity contribution is 0.0696. The van der Waals surface area contributed by atoms with Crippen molar-refractivity contribution in [3.05, 3.63) is 142 Å². The Morgan fingerprint density at radius 1 is 0.919 bits per heavy atom. The monoisotopic (exact) mass is 567 g/mol. The lowest BCUT2D eigenvalue weighted by Crippen LogP contribution is -2.40. The molecule has 184 valence electrons. The average Bonchev–Trinajstić information content (AvgIpc) is 3.24. The van der Waals surface area contributed by atoms with Crippen molar-refractivity contribution in [3.8, 4) is 6.07 Å². The van der Waals surface area contributed by atoms with Crippen molar-refractivity contribution < 1.29 is 9.90 Å². The Balaban J connectivity index is 1.79. The number of benzene rings is 4. The maximum atomic E-state index is 12.4. The fourth-order valence-corrected chi connectivity index (χ4v) is 11.8. The number of nitriles is 1. The number of carboxylic acids is 1. The van der Waals surface area contributed by atoms with Gasteiger partial charge in [-0.25, -0.2) is 4.79 Å². The van der Waals surface area contributed by atoms with Crippen LogP contribution in [-0.2, 0) is 15.6 Å². The SMILES string of the molecule is Cc1cc(C#N)cc(C(=O)O)c1CP1CCC(Br)(c2ccccc2)C1(c1ccccc1)c1ccccc1. The minimum Gasteiger partial charge on any atom is -0.478 e. The lowest BCUT2D eigenvalue weighted by atomic mass is 9.75. The smallest absolute Gasteiger partial charge is 0.336 e. The molecule has 0 aliphatic carbocycles. The summed E-state index contributed by atoms with van der Waals surface area (Å²) in [4.78, 5) is 12.4. The predicted octanol–water partition coefficient (Wildman–Crippen LogP) is 8.18.